The van der Waals surface area contributed by atoms with E-state index in [9.17, 15) is 18.0 Å². The van der Waals surface area contributed by atoms with Gasteiger partial charge in [0.25, 0.3) is 0 Å². The van der Waals surface area contributed by atoms with E-state index in [4.69, 9.17) is 16.3 Å². The predicted octanol–water partition coefficient (Wildman–Crippen LogP) is 5.80. The first-order chi connectivity index (χ1) is 22.4. The molecule has 3 aliphatic rings. The maximum atomic E-state index is 13.8. The number of likely N-dealkylation sites (tertiary alicyclic amines) is 2. The third-order valence-electron chi connectivity index (χ3n) is 10.1. The molecule has 0 aliphatic carbocycles. The van der Waals surface area contributed by atoms with Crippen molar-refractivity contribution in [3.05, 3.63) is 58.6 Å². The van der Waals surface area contributed by atoms with Gasteiger partial charge in [0.1, 0.15) is 0 Å². The Labute approximate surface area is 298 Å². The molecule has 0 spiro atoms. The monoisotopic (exact) mass is 722 g/mol. The van der Waals surface area contributed by atoms with Gasteiger partial charge >= 0.3 is 0 Å². The number of benzene rings is 2. The number of ether oxygens (including phenoxy) is 1. The van der Waals surface area contributed by atoms with Crippen molar-refractivity contribution >= 4 is 51.5 Å². The fraction of sp³-hybridized carbons (Fsp3) is 0.611. The molecule has 3 saturated heterocycles. The minimum atomic E-state index is -3.54. The lowest BCUT2D eigenvalue weighted by Gasteiger charge is -2.35. The van der Waals surface area contributed by atoms with Gasteiger partial charge in [0.15, 0.2) is 0 Å². The number of hydrogen-bond donors (Lipinski definition) is 0. The van der Waals surface area contributed by atoms with Crippen LogP contribution in [0.15, 0.2) is 47.4 Å². The zero-order valence-electron chi connectivity index (χ0n) is 28.8. The molecule has 0 radical (unpaired) electrons. The summed E-state index contributed by atoms with van der Waals surface area (Å²) in [6.45, 7) is 13.0. The number of aryl methyl sites for hydroxylation is 1. The Morgan fingerprint density at radius 1 is 0.938 bits per heavy atom. The van der Waals surface area contributed by atoms with E-state index in [0.29, 0.717) is 61.4 Å². The van der Waals surface area contributed by atoms with Gasteiger partial charge in [-0.1, -0.05) is 29.8 Å². The SMILES string of the molecule is CC(=O)N1CCC(C(=O)N(CCCN2CCC(Cc3ccc(S(=O)(=O)N4C[C@@H](C)O[C@@H](C)C4)cc3)CC2)c2ccc(C)c(Cl)c2)CC1.Cl. The number of amides is 2. The fourth-order valence-electron chi connectivity index (χ4n) is 7.25. The van der Waals surface area contributed by atoms with E-state index in [1.165, 1.54) is 5.56 Å². The normalized spacial score (nSPS) is 21.9. The highest BCUT2D eigenvalue weighted by molar-refractivity contribution is 7.89. The van der Waals surface area contributed by atoms with Crippen LogP contribution in [0.25, 0.3) is 0 Å². The van der Waals surface area contributed by atoms with E-state index in [0.717, 1.165) is 56.6 Å². The van der Waals surface area contributed by atoms with E-state index in [2.05, 4.69) is 4.90 Å². The molecule has 0 saturated carbocycles. The number of carbonyl (C=O) groups is 2. The number of hydrogen-bond acceptors (Lipinski definition) is 6. The molecule has 3 heterocycles. The number of halogens is 2. The third-order valence-corrected chi connectivity index (χ3v) is 12.3. The Morgan fingerprint density at radius 3 is 2.15 bits per heavy atom. The smallest absolute Gasteiger partial charge is 0.243 e. The summed E-state index contributed by atoms with van der Waals surface area (Å²) in [5, 5.41) is 0.659. The summed E-state index contributed by atoms with van der Waals surface area (Å²) in [7, 11) is -3.54. The number of morpholine rings is 1. The lowest BCUT2D eigenvalue weighted by atomic mass is 9.90. The number of piperidine rings is 2. The largest absolute Gasteiger partial charge is 0.373 e. The minimum Gasteiger partial charge on any atom is -0.373 e. The van der Waals surface area contributed by atoms with E-state index >= 15 is 0 Å². The Bertz CT molecular complexity index is 1480. The summed E-state index contributed by atoms with van der Waals surface area (Å²) in [5.41, 5.74) is 3.00. The standard InChI is InChI=1S/C36H51ClN4O5S.ClH/c1-26-6-9-33(23-35(26)37)41(36(43)32-14-20-39(21-15-32)29(4)42)17-5-16-38-18-12-31(13-19-38)22-30-7-10-34(11-8-30)47(44,45)40-24-27(2)46-28(3)25-40;/h6-11,23,27-28,31-32H,5,12-22,24-25H2,1-4H3;1H/t27-,28+;. The topological polar surface area (TPSA) is 90.5 Å². The van der Waals surface area contributed by atoms with Crippen molar-refractivity contribution in [3.63, 3.8) is 0 Å². The molecule has 48 heavy (non-hydrogen) atoms. The molecule has 9 nitrogen and oxygen atoms in total. The summed E-state index contributed by atoms with van der Waals surface area (Å²) in [4.78, 5) is 32.2. The molecule has 0 N–H and O–H groups in total. The number of anilines is 1. The molecule has 3 aliphatic heterocycles. The lowest BCUT2D eigenvalue weighted by molar-refractivity contribution is -0.133. The predicted molar refractivity (Wildman–Crippen MR) is 193 cm³/mol. The van der Waals surface area contributed by atoms with Crippen molar-refractivity contribution in [1.82, 2.24) is 14.1 Å². The number of sulfonamides is 1. The first-order valence-corrected chi connectivity index (χ1v) is 19.0. The van der Waals surface area contributed by atoms with Crippen LogP contribution in [0.3, 0.4) is 0 Å². The zero-order valence-corrected chi connectivity index (χ0v) is 31.2. The van der Waals surface area contributed by atoms with Crippen molar-refractivity contribution in [2.75, 3.05) is 57.3 Å². The van der Waals surface area contributed by atoms with Gasteiger partial charge in [0.05, 0.1) is 17.1 Å². The van der Waals surface area contributed by atoms with Gasteiger partial charge in [0, 0.05) is 56.3 Å². The Kier molecular flexibility index (Phi) is 13.8. The second-order valence-electron chi connectivity index (χ2n) is 13.8. The molecule has 2 aromatic carbocycles. The maximum Gasteiger partial charge on any atom is 0.243 e. The van der Waals surface area contributed by atoms with Gasteiger partial charge in [-0.05, 0) is 120 Å². The fourth-order valence-corrected chi connectivity index (χ4v) is 9.02. The second kappa shape index (κ2) is 17.1. The highest BCUT2D eigenvalue weighted by atomic mass is 35.5. The molecule has 2 amide bonds. The van der Waals surface area contributed by atoms with Crippen LogP contribution >= 0.6 is 24.0 Å². The van der Waals surface area contributed by atoms with E-state index in [-0.39, 0.29) is 42.3 Å². The molecule has 2 atom stereocenters. The van der Waals surface area contributed by atoms with Gasteiger partial charge < -0.3 is 19.4 Å². The summed E-state index contributed by atoms with van der Waals surface area (Å²) in [6, 6.07) is 13.3. The summed E-state index contributed by atoms with van der Waals surface area (Å²) in [5.74, 6) is 0.657. The van der Waals surface area contributed by atoms with Crippen LogP contribution in [0.5, 0.6) is 0 Å². The number of carbonyl (C=O) groups excluding carboxylic acids is 2. The quantitative estimate of drug-likeness (QED) is 0.308. The van der Waals surface area contributed by atoms with Crippen LogP contribution in [0.1, 0.15) is 64.0 Å². The highest BCUT2D eigenvalue weighted by Crippen LogP contribution is 2.29. The van der Waals surface area contributed by atoms with Gasteiger partial charge in [-0.15, -0.1) is 12.4 Å². The first-order valence-electron chi connectivity index (χ1n) is 17.2. The van der Waals surface area contributed by atoms with Crippen LogP contribution in [0, 0.1) is 18.8 Å². The van der Waals surface area contributed by atoms with Crippen LogP contribution in [0.4, 0.5) is 5.69 Å². The molecular formula is C36H52Cl2N4O5S. The van der Waals surface area contributed by atoms with Crippen LogP contribution in [-0.2, 0) is 30.8 Å². The van der Waals surface area contributed by atoms with Crippen molar-refractivity contribution in [2.45, 2.75) is 83.3 Å². The van der Waals surface area contributed by atoms with Gasteiger partial charge in [0.2, 0.25) is 21.8 Å². The molecule has 0 aromatic heterocycles. The average molecular weight is 724 g/mol. The van der Waals surface area contributed by atoms with Gasteiger partial charge in [-0.3, -0.25) is 9.59 Å². The van der Waals surface area contributed by atoms with Crippen molar-refractivity contribution in [2.24, 2.45) is 11.8 Å². The summed E-state index contributed by atoms with van der Waals surface area (Å²) >= 11 is 6.48. The van der Waals surface area contributed by atoms with Crippen molar-refractivity contribution in [1.29, 1.82) is 0 Å². The van der Waals surface area contributed by atoms with Crippen LogP contribution in [0.2, 0.25) is 5.02 Å². The summed E-state index contributed by atoms with van der Waals surface area (Å²) < 4.78 is 33.7. The molecule has 266 valence electrons. The highest BCUT2D eigenvalue weighted by Gasteiger charge is 2.33. The molecule has 2 aromatic rings. The zero-order chi connectivity index (χ0) is 33.7. The average Bonchev–Trinajstić information content (AvgIpc) is 3.05. The molecule has 0 bridgehead atoms. The first kappa shape index (κ1) is 38.6. The van der Waals surface area contributed by atoms with E-state index in [1.54, 1.807) is 23.4 Å². The lowest BCUT2D eigenvalue weighted by Crippen LogP contribution is -2.48. The Balaban J connectivity index is 0.00000520. The van der Waals surface area contributed by atoms with E-state index < -0.39 is 10.0 Å². The van der Waals surface area contributed by atoms with Crippen molar-refractivity contribution in [3.8, 4) is 0 Å². The van der Waals surface area contributed by atoms with Crippen LogP contribution < -0.4 is 4.90 Å². The van der Waals surface area contributed by atoms with Crippen LogP contribution in [-0.4, -0.2) is 98.9 Å². The molecule has 3 fully saturated rings. The number of nitrogens with zero attached hydrogens (tertiary/aromatic N) is 4. The molecule has 0 unspecified atom stereocenters. The van der Waals surface area contributed by atoms with Gasteiger partial charge in [-0.2, -0.15) is 4.31 Å². The molecular weight excluding hydrogens is 671 g/mol. The molecule has 5 rings (SSSR count). The summed E-state index contributed by atoms with van der Waals surface area (Å²) in [6.07, 6.45) is 5.14. The van der Waals surface area contributed by atoms with Crippen molar-refractivity contribution < 1.29 is 22.7 Å². The minimum absolute atomic E-state index is 0. The maximum absolute atomic E-state index is 13.8. The molecule has 12 heteroatoms. The third kappa shape index (κ3) is 9.73. The van der Waals surface area contributed by atoms with Gasteiger partial charge in [-0.25, -0.2) is 8.42 Å². The Hall–Kier alpha value is -2.21. The number of rotatable bonds is 10. The second-order valence-corrected chi connectivity index (χ2v) is 16.1. The van der Waals surface area contributed by atoms with E-state index in [1.807, 2.05) is 60.9 Å². The Morgan fingerprint density at radius 2 is 1.56 bits per heavy atom.